The van der Waals surface area contributed by atoms with E-state index < -0.39 is 0 Å². The van der Waals surface area contributed by atoms with Gasteiger partial charge in [-0.3, -0.25) is 4.79 Å². The Morgan fingerprint density at radius 2 is 2.10 bits per heavy atom. The summed E-state index contributed by atoms with van der Waals surface area (Å²) in [5, 5.41) is 3.90. The standard InChI is InChI=1S/C14H17ClN4O/c1-3-8-16-12(20)9-19(2)13-10-6-4-5-7-11(10)17-14(15)18-13/h4-7H,3,8-9H2,1-2H3,(H,16,20). The van der Waals surface area contributed by atoms with Crippen molar-refractivity contribution < 1.29 is 4.79 Å². The minimum atomic E-state index is -0.0341. The largest absolute Gasteiger partial charge is 0.355 e. The van der Waals surface area contributed by atoms with Gasteiger partial charge in [-0.05, 0) is 30.2 Å². The van der Waals surface area contributed by atoms with Crippen molar-refractivity contribution in [3.8, 4) is 0 Å². The van der Waals surface area contributed by atoms with Crippen molar-refractivity contribution in [2.45, 2.75) is 13.3 Å². The van der Waals surface area contributed by atoms with Gasteiger partial charge in [0, 0.05) is 19.0 Å². The van der Waals surface area contributed by atoms with Crippen LogP contribution in [0.15, 0.2) is 24.3 Å². The first-order valence-corrected chi connectivity index (χ1v) is 6.89. The Morgan fingerprint density at radius 1 is 1.35 bits per heavy atom. The summed E-state index contributed by atoms with van der Waals surface area (Å²) in [7, 11) is 1.82. The Hall–Kier alpha value is -1.88. The maximum Gasteiger partial charge on any atom is 0.239 e. The van der Waals surface area contributed by atoms with E-state index in [1.165, 1.54) is 0 Å². The number of fused-ring (bicyclic) bond motifs is 1. The van der Waals surface area contributed by atoms with Crippen molar-refractivity contribution in [1.29, 1.82) is 0 Å². The molecule has 0 fully saturated rings. The Balaban J connectivity index is 2.25. The first-order chi connectivity index (χ1) is 9.61. The molecule has 0 saturated heterocycles. The summed E-state index contributed by atoms with van der Waals surface area (Å²) in [6.45, 7) is 2.93. The molecule has 2 aromatic rings. The summed E-state index contributed by atoms with van der Waals surface area (Å²) in [5.74, 6) is 0.625. The number of likely N-dealkylation sites (N-methyl/N-ethyl adjacent to an activating group) is 1. The second-order valence-electron chi connectivity index (χ2n) is 4.54. The van der Waals surface area contributed by atoms with E-state index in [1.54, 1.807) is 4.90 Å². The van der Waals surface area contributed by atoms with Crippen LogP contribution in [-0.2, 0) is 4.79 Å². The monoisotopic (exact) mass is 292 g/mol. The molecule has 0 bridgehead atoms. The van der Waals surface area contributed by atoms with Crippen molar-refractivity contribution in [1.82, 2.24) is 15.3 Å². The second kappa shape index (κ2) is 6.52. The smallest absolute Gasteiger partial charge is 0.239 e. The van der Waals surface area contributed by atoms with E-state index >= 15 is 0 Å². The van der Waals surface area contributed by atoms with Gasteiger partial charge in [-0.15, -0.1) is 0 Å². The highest BCUT2D eigenvalue weighted by Crippen LogP contribution is 2.24. The van der Waals surface area contributed by atoms with E-state index in [-0.39, 0.29) is 17.7 Å². The molecule has 1 aromatic heterocycles. The highest BCUT2D eigenvalue weighted by atomic mass is 35.5. The SMILES string of the molecule is CCCNC(=O)CN(C)c1nc(Cl)nc2ccccc12. The molecule has 0 spiro atoms. The lowest BCUT2D eigenvalue weighted by molar-refractivity contribution is -0.119. The van der Waals surface area contributed by atoms with Crippen molar-refractivity contribution >= 4 is 34.2 Å². The van der Waals surface area contributed by atoms with E-state index in [0.29, 0.717) is 12.4 Å². The zero-order valence-electron chi connectivity index (χ0n) is 11.6. The zero-order chi connectivity index (χ0) is 14.5. The molecule has 1 aromatic carbocycles. The van der Waals surface area contributed by atoms with Gasteiger partial charge in [-0.25, -0.2) is 4.98 Å². The van der Waals surface area contributed by atoms with Gasteiger partial charge in [0.2, 0.25) is 11.2 Å². The number of nitrogens with zero attached hydrogens (tertiary/aromatic N) is 3. The second-order valence-corrected chi connectivity index (χ2v) is 4.88. The number of nitrogens with one attached hydrogen (secondary N) is 1. The minimum Gasteiger partial charge on any atom is -0.355 e. The van der Waals surface area contributed by atoms with Crippen LogP contribution in [0.5, 0.6) is 0 Å². The van der Waals surface area contributed by atoms with E-state index in [4.69, 9.17) is 11.6 Å². The van der Waals surface area contributed by atoms with Crippen LogP contribution in [-0.4, -0.2) is 36.0 Å². The molecule has 1 amide bonds. The number of rotatable bonds is 5. The lowest BCUT2D eigenvalue weighted by atomic mass is 10.2. The molecular formula is C14H17ClN4O. The number of carbonyl (C=O) groups excluding carboxylic acids is 1. The molecule has 0 atom stereocenters. The van der Waals surface area contributed by atoms with Crippen molar-refractivity contribution in [2.75, 3.05) is 25.0 Å². The Bertz CT molecular complexity index is 617. The maximum atomic E-state index is 11.8. The highest BCUT2D eigenvalue weighted by Gasteiger charge is 2.13. The van der Waals surface area contributed by atoms with E-state index in [0.717, 1.165) is 17.3 Å². The number of carbonyl (C=O) groups is 1. The van der Waals surface area contributed by atoms with Crippen LogP contribution in [0.2, 0.25) is 5.28 Å². The number of anilines is 1. The minimum absolute atomic E-state index is 0.0341. The summed E-state index contributed by atoms with van der Waals surface area (Å²) in [6.07, 6.45) is 0.914. The number of amides is 1. The Morgan fingerprint density at radius 3 is 2.85 bits per heavy atom. The Kier molecular flexibility index (Phi) is 4.74. The molecule has 0 unspecified atom stereocenters. The lowest BCUT2D eigenvalue weighted by Crippen LogP contribution is -2.36. The van der Waals surface area contributed by atoms with E-state index in [2.05, 4.69) is 15.3 Å². The molecule has 0 aliphatic heterocycles. The summed E-state index contributed by atoms with van der Waals surface area (Å²) in [6, 6.07) is 7.59. The van der Waals surface area contributed by atoms with Gasteiger partial charge < -0.3 is 10.2 Å². The number of hydrogen-bond donors (Lipinski definition) is 1. The third kappa shape index (κ3) is 3.36. The first kappa shape index (κ1) is 14.5. The van der Waals surface area contributed by atoms with Crippen molar-refractivity contribution in [3.05, 3.63) is 29.5 Å². The summed E-state index contributed by atoms with van der Waals surface area (Å²) in [5.41, 5.74) is 0.767. The fourth-order valence-corrected chi connectivity index (χ4v) is 2.10. The molecular weight excluding hydrogens is 276 g/mol. The predicted octanol–water partition coefficient (Wildman–Crippen LogP) is 2.25. The van der Waals surface area contributed by atoms with Crippen molar-refractivity contribution in [3.63, 3.8) is 0 Å². The fraction of sp³-hybridized carbons (Fsp3) is 0.357. The number of para-hydroxylation sites is 1. The zero-order valence-corrected chi connectivity index (χ0v) is 12.3. The lowest BCUT2D eigenvalue weighted by Gasteiger charge is -2.19. The molecule has 20 heavy (non-hydrogen) atoms. The first-order valence-electron chi connectivity index (χ1n) is 6.52. The number of halogens is 1. The fourth-order valence-electron chi connectivity index (χ4n) is 1.93. The molecule has 0 saturated carbocycles. The summed E-state index contributed by atoms with van der Waals surface area (Å²) >= 11 is 5.94. The summed E-state index contributed by atoms with van der Waals surface area (Å²) < 4.78 is 0. The van der Waals surface area contributed by atoms with Gasteiger partial charge in [-0.1, -0.05) is 19.1 Å². The van der Waals surface area contributed by atoms with Gasteiger partial charge in [-0.2, -0.15) is 4.98 Å². The topological polar surface area (TPSA) is 58.1 Å². The van der Waals surface area contributed by atoms with Crippen LogP contribution < -0.4 is 10.2 Å². The molecule has 0 aliphatic carbocycles. The molecule has 1 N–H and O–H groups in total. The third-order valence-electron chi connectivity index (χ3n) is 2.87. The number of aromatic nitrogens is 2. The highest BCUT2D eigenvalue weighted by molar-refractivity contribution is 6.28. The van der Waals surface area contributed by atoms with Gasteiger partial charge in [0.05, 0.1) is 12.1 Å². The third-order valence-corrected chi connectivity index (χ3v) is 3.04. The molecule has 1 heterocycles. The maximum absolute atomic E-state index is 11.8. The van der Waals surface area contributed by atoms with Crippen LogP contribution in [0, 0.1) is 0 Å². The average Bonchev–Trinajstić information content (AvgIpc) is 2.44. The predicted molar refractivity (Wildman–Crippen MR) is 81.1 cm³/mol. The van der Waals surface area contributed by atoms with Crippen molar-refractivity contribution in [2.24, 2.45) is 0 Å². The molecule has 106 valence electrons. The normalized spacial score (nSPS) is 10.6. The number of benzene rings is 1. The van der Waals surface area contributed by atoms with E-state index in [1.807, 2.05) is 38.2 Å². The summed E-state index contributed by atoms with van der Waals surface area (Å²) in [4.78, 5) is 22.0. The molecule has 0 aliphatic rings. The molecule has 6 heteroatoms. The van der Waals surface area contributed by atoms with Crippen LogP contribution in [0.3, 0.4) is 0 Å². The number of hydrogen-bond acceptors (Lipinski definition) is 4. The quantitative estimate of drug-likeness (QED) is 0.859. The van der Waals surface area contributed by atoms with Crippen LogP contribution >= 0.6 is 11.6 Å². The van der Waals surface area contributed by atoms with Gasteiger partial charge in [0.25, 0.3) is 0 Å². The molecule has 2 rings (SSSR count). The van der Waals surface area contributed by atoms with E-state index in [9.17, 15) is 4.79 Å². The van der Waals surface area contributed by atoms with Crippen LogP contribution in [0.25, 0.3) is 10.9 Å². The average molecular weight is 293 g/mol. The molecule has 0 radical (unpaired) electrons. The van der Waals surface area contributed by atoms with Crippen LogP contribution in [0.4, 0.5) is 5.82 Å². The molecule has 5 nitrogen and oxygen atoms in total. The Labute approximate surface area is 123 Å². The van der Waals surface area contributed by atoms with Crippen LogP contribution in [0.1, 0.15) is 13.3 Å². The van der Waals surface area contributed by atoms with Gasteiger partial charge >= 0.3 is 0 Å². The van der Waals surface area contributed by atoms with Gasteiger partial charge in [0.15, 0.2) is 0 Å². The van der Waals surface area contributed by atoms with Gasteiger partial charge in [0.1, 0.15) is 5.82 Å².